The molecule has 1 saturated heterocycles. The molecule has 3 N–H and O–H groups in total. The number of piperidine rings is 1. The third-order valence-corrected chi connectivity index (χ3v) is 5.06. The first-order valence-corrected chi connectivity index (χ1v) is 10.4. The summed E-state index contributed by atoms with van der Waals surface area (Å²) in [4.78, 5) is 16.0. The zero-order chi connectivity index (χ0) is 20.8. The van der Waals surface area contributed by atoms with Gasteiger partial charge in [-0.3, -0.25) is 5.10 Å². The lowest BCUT2D eigenvalue weighted by Gasteiger charge is -2.33. The van der Waals surface area contributed by atoms with Gasteiger partial charge >= 0.3 is 0 Å². The van der Waals surface area contributed by atoms with Crippen LogP contribution in [0.2, 0.25) is 0 Å². The van der Waals surface area contributed by atoms with E-state index >= 15 is 0 Å². The molecule has 0 radical (unpaired) electrons. The molecule has 30 heavy (non-hydrogen) atoms. The van der Waals surface area contributed by atoms with Crippen LogP contribution in [0.15, 0.2) is 46.1 Å². The van der Waals surface area contributed by atoms with Crippen molar-refractivity contribution in [2.24, 2.45) is 4.99 Å². The number of rotatable bonds is 6. The largest absolute Gasteiger partial charge is 0.461 e. The molecule has 0 spiro atoms. The molecule has 0 aromatic carbocycles. The Morgan fingerprint density at radius 3 is 2.87 bits per heavy atom. The summed E-state index contributed by atoms with van der Waals surface area (Å²) >= 11 is 0. The SMILES string of the molecule is CCNC(=NCc1nc(-c2ccco2)n[nH]1)NC1CCN(c2ccc(C)cn2)CC1. The number of anilines is 1. The fourth-order valence-electron chi connectivity index (χ4n) is 3.45. The van der Waals surface area contributed by atoms with Crippen molar-refractivity contribution in [1.82, 2.24) is 30.8 Å². The molecule has 4 rings (SSSR count). The molecule has 158 valence electrons. The van der Waals surface area contributed by atoms with E-state index < -0.39 is 0 Å². The lowest BCUT2D eigenvalue weighted by molar-refractivity contribution is 0.459. The quantitative estimate of drug-likeness (QED) is 0.425. The Bertz CT molecular complexity index is 940. The average Bonchev–Trinajstić information content (AvgIpc) is 3.45. The van der Waals surface area contributed by atoms with Crippen molar-refractivity contribution in [2.45, 2.75) is 39.3 Å². The van der Waals surface area contributed by atoms with Gasteiger partial charge in [-0.1, -0.05) is 6.07 Å². The summed E-state index contributed by atoms with van der Waals surface area (Å²) in [5.74, 6) is 3.72. The minimum Gasteiger partial charge on any atom is -0.461 e. The van der Waals surface area contributed by atoms with E-state index in [0.29, 0.717) is 30.0 Å². The number of H-pyrrole nitrogens is 1. The summed E-state index contributed by atoms with van der Waals surface area (Å²) in [6.45, 7) is 7.28. The molecule has 3 aromatic heterocycles. The van der Waals surface area contributed by atoms with E-state index in [4.69, 9.17) is 4.42 Å². The van der Waals surface area contributed by atoms with Gasteiger partial charge in [0.2, 0.25) is 5.82 Å². The molecule has 1 aliphatic heterocycles. The number of aromatic amines is 1. The molecule has 0 amide bonds. The van der Waals surface area contributed by atoms with Crippen molar-refractivity contribution in [3.8, 4) is 11.6 Å². The molecular weight excluding hydrogens is 380 g/mol. The number of hydrogen-bond acceptors (Lipinski definition) is 6. The zero-order valence-electron chi connectivity index (χ0n) is 17.4. The van der Waals surface area contributed by atoms with Gasteiger partial charge in [0.05, 0.1) is 6.26 Å². The van der Waals surface area contributed by atoms with Crippen molar-refractivity contribution < 1.29 is 4.42 Å². The first-order chi connectivity index (χ1) is 14.7. The highest BCUT2D eigenvalue weighted by Gasteiger charge is 2.21. The fraction of sp³-hybridized carbons (Fsp3) is 0.429. The summed E-state index contributed by atoms with van der Waals surface area (Å²) in [5, 5.41) is 14.0. The van der Waals surface area contributed by atoms with E-state index in [1.165, 1.54) is 5.56 Å². The first kappa shape index (κ1) is 19.9. The monoisotopic (exact) mass is 408 g/mol. The van der Waals surface area contributed by atoms with Crippen LogP contribution in [0, 0.1) is 6.92 Å². The van der Waals surface area contributed by atoms with E-state index in [1.54, 1.807) is 6.26 Å². The van der Waals surface area contributed by atoms with Crippen LogP contribution in [0.4, 0.5) is 5.82 Å². The summed E-state index contributed by atoms with van der Waals surface area (Å²) in [7, 11) is 0. The molecule has 0 aliphatic carbocycles. The van der Waals surface area contributed by atoms with E-state index in [2.05, 4.69) is 66.7 Å². The van der Waals surface area contributed by atoms with Crippen LogP contribution in [0.3, 0.4) is 0 Å². The summed E-state index contributed by atoms with van der Waals surface area (Å²) in [5.41, 5.74) is 1.19. The van der Waals surface area contributed by atoms with Crippen molar-refractivity contribution in [2.75, 3.05) is 24.5 Å². The molecule has 1 aliphatic rings. The van der Waals surface area contributed by atoms with Crippen LogP contribution in [-0.2, 0) is 6.54 Å². The van der Waals surface area contributed by atoms with E-state index in [1.807, 2.05) is 18.3 Å². The van der Waals surface area contributed by atoms with Crippen LogP contribution < -0.4 is 15.5 Å². The average molecular weight is 409 g/mol. The molecule has 0 unspecified atom stereocenters. The maximum absolute atomic E-state index is 5.33. The molecule has 9 nitrogen and oxygen atoms in total. The lowest BCUT2D eigenvalue weighted by Crippen LogP contribution is -2.48. The second-order valence-corrected chi connectivity index (χ2v) is 7.38. The molecule has 3 aromatic rings. The van der Waals surface area contributed by atoms with E-state index in [0.717, 1.165) is 44.3 Å². The Morgan fingerprint density at radius 1 is 1.30 bits per heavy atom. The van der Waals surface area contributed by atoms with Gasteiger partial charge in [0.25, 0.3) is 0 Å². The van der Waals surface area contributed by atoms with Gasteiger partial charge < -0.3 is 20.0 Å². The lowest BCUT2D eigenvalue weighted by atomic mass is 10.1. The maximum Gasteiger partial charge on any atom is 0.216 e. The standard InChI is InChI=1S/C21H28N8O/c1-3-22-21(24-14-18-26-20(28-27-18)17-5-4-12-30-17)25-16-8-10-29(11-9-16)19-7-6-15(2)13-23-19/h4-7,12-13,16H,3,8-11,14H2,1-2H3,(H2,22,24,25)(H,26,27,28). The summed E-state index contributed by atoms with van der Waals surface area (Å²) in [6, 6.07) is 8.24. The topological polar surface area (TPSA) is 107 Å². The van der Waals surface area contributed by atoms with Crippen LogP contribution in [0.1, 0.15) is 31.2 Å². The predicted molar refractivity (Wildman–Crippen MR) is 116 cm³/mol. The predicted octanol–water partition coefficient (Wildman–Crippen LogP) is 2.49. The van der Waals surface area contributed by atoms with Crippen molar-refractivity contribution in [3.05, 3.63) is 48.1 Å². The molecular formula is C21H28N8O. The number of aliphatic imine (C=N–C) groups is 1. The highest BCUT2D eigenvalue weighted by Crippen LogP contribution is 2.18. The molecule has 4 heterocycles. The van der Waals surface area contributed by atoms with Gasteiger partial charge in [-0.15, -0.1) is 5.10 Å². The van der Waals surface area contributed by atoms with Gasteiger partial charge in [-0.2, -0.15) is 0 Å². The van der Waals surface area contributed by atoms with Gasteiger partial charge in [0, 0.05) is 31.9 Å². The first-order valence-electron chi connectivity index (χ1n) is 10.4. The van der Waals surface area contributed by atoms with Crippen LogP contribution in [0.5, 0.6) is 0 Å². The summed E-state index contributed by atoms with van der Waals surface area (Å²) < 4.78 is 5.33. The Balaban J connectivity index is 1.32. The molecule has 9 heteroatoms. The van der Waals surface area contributed by atoms with Crippen LogP contribution >= 0.6 is 0 Å². The van der Waals surface area contributed by atoms with Crippen molar-refractivity contribution in [1.29, 1.82) is 0 Å². The van der Waals surface area contributed by atoms with Crippen molar-refractivity contribution >= 4 is 11.8 Å². The molecule has 0 bridgehead atoms. The molecule has 0 atom stereocenters. The number of aromatic nitrogens is 4. The Labute approximate surface area is 176 Å². The minimum atomic E-state index is 0.373. The minimum absolute atomic E-state index is 0.373. The molecule has 1 fully saturated rings. The van der Waals surface area contributed by atoms with Crippen LogP contribution in [0.25, 0.3) is 11.6 Å². The normalized spacial score (nSPS) is 15.4. The third-order valence-electron chi connectivity index (χ3n) is 5.06. The Morgan fingerprint density at radius 2 is 2.17 bits per heavy atom. The second kappa shape index (κ2) is 9.43. The third kappa shape index (κ3) is 4.97. The fourth-order valence-corrected chi connectivity index (χ4v) is 3.45. The number of aryl methyl sites for hydroxylation is 1. The highest BCUT2D eigenvalue weighted by atomic mass is 16.3. The van der Waals surface area contributed by atoms with Gasteiger partial charge in [0.1, 0.15) is 18.2 Å². The number of nitrogens with one attached hydrogen (secondary N) is 3. The Kier molecular flexibility index (Phi) is 6.26. The van der Waals surface area contributed by atoms with E-state index in [-0.39, 0.29) is 0 Å². The number of hydrogen-bond donors (Lipinski definition) is 3. The number of guanidine groups is 1. The van der Waals surface area contributed by atoms with E-state index in [9.17, 15) is 0 Å². The smallest absolute Gasteiger partial charge is 0.216 e. The second-order valence-electron chi connectivity index (χ2n) is 7.38. The number of pyridine rings is 1. The molecule has 0 saturated carbocycles. The highest BCUT2D eigenvalue weighted by molar-refractivity contribution is 5.80. The number of nitrogens with zero attached hydrogens (tertiary/aromatic N) is 5. The van der Waals surface area contributed by atoms with Gasteiger partial charge in [-0.05, 0) is 50.5 Å². The Hall–Kier alpha value is -3.36. The van der Waals surface area contributed by atoms with Gasteiger partial charge in [0.15, 0.2) is 11.7 Å². The zero-order valence-corrected chi connectivity index (χ0v) is 17.4. The maximum atomic E-state index is 5.33. The summed E-state index contributed by atoms with van der Waals surface area (Å²) in [6.07, 6.45) is 5.60. The van der Waals surface area contributed by atoms with Crippen LogP contribution in [-0.4, -0.2) is 51.8 Å². The van der Waals surface area contributed by atoms with Gasteiger partial charge in [-0.25, -0.2) is 15.0 Å². The van der Waals surface area contributed by atoms with Crippen molar-refractivity contribution in [3.63, 3.8) is 0 Å². The number of furan rings is 1.